The summed E-state index contributed by atoms with van der Waals surface area (Å²) in [6, 6.07) is 16.0. The highest BCUT2D eigenvalue weighted by molar-refractivity contribution is 5.89. The van der Waals surface area contributed by atoms with Gasteiger partial charge in [-0.2, -0.15) is 0 Å². The van der Waals surface area contributed by atoms with Crippen molar-refractivity contribution in [3.8, 4) is 11.5 Å². The van der Waals surface area contributed by atoms with E-state index in [2.05, 4.69) is 9.72 Å². The van der Waals surface area contributed by atoms with Crippen LogP contribution < -0.4 is 9.47 Å². The minimum atomic E-state index is -1.15. The van der Waals surface area contributed by atoms with E-state index >= 15 is 0 Å². The Hall–Kier alpha value is -4.73. The van der Waals surface area contributed by atoms with E-state index in [0.717, 1.165) is 16.5 Å². The molecule has 2 aromatic heterocycles. The smallest absolute Gasteiger partial charge is 0.337 e. The summed E-state index contributed by atoms with van der Waals surface area (Å²) < 4.78 is 65.1. The zero-order valence-electron chi connectivity index (χ0n) is 22.6. The highest BCUT2D eigenvalue weighted by Crippen LogP contribution is 2.29. The lowest BCUT2D eigenvalue weighted by atomic mass is 10.1. The van der Waals surface area contributed by atoms with Gasteiger partial charge in [-0.15, -0.1) is 0 Å². The van der Waals surface area contributed by atoms with Gasteiger partial charge in [-0.05, 0) is 42.0 Å². The predicted octanol–water partition coefficient (Wildman–Crippen LogP) is 7.16. The van der Waals surface area contributed by atoms with Crippen molar-refractivity contribution in [3.05, 3.63) is 112 Å². The molecule has 10 heteroatoms. The first-order valence-corrected chi connectivity index (χ1v) is 12.9. The number of esters is 1. The van der Waals surface area contributed by atoms with E-state index in [4.69, 9.17) is 18.7 Å². The van der Waals surface area contributed by atoms with Gasteiger partial charge in [0.1, 0.15) is 36.2 Å². The lowest BCUT2D eigenvalue weighted by Crippen LogP contribution is -2.07. The Bertz CT molecular complexity index is 1690. The average molecular weight is 565 g/mol. The minimum Gasteiger partial charge on any atom is -0.489 e. The van der Waals surface area contributed by atoms with Crippen LogP contribution in [0.3, 0.4) is 0 Å². The number of aromatic nitrogens is 2. The molecular formula is C31H27F3N2O5. The molecule has 5 rings (SSSR count). The normalized spacial score (nSPS) is 11.3. The van der Waals surface area contributed by atoms with Gasteiger partial charge in [-0.25, -0.2) is 18.0 Å². The fraction of sp³-hybridized carbons (Fsp3) is 0.226. The molecule has 0 radical (unpaired) electrons. The second-order valence-corrected chi connectivity index (χ2v) is 9.76. The number of ether oxygens (including phenoxy) is 3. The predicted molar refractivity (Wildman–Crippen MR) is 144 cm³/mol. The average Bonchev–Trinajstić information content (AvgIpc) is 3.54. The summed E-state index contributed by atoms with van der Waals surface area (Å²) in [5.74, 6) is -3.29. The summed E-state index contributed by atoms with van der Waals surface area (Å²) in [7, 11) is 1.35. The molecule has 3 aromatic carbocycles. The maximum atomic E-state index is 14.0. The van der Waals surface area contributed by atoms with Crippen LogP contribution in [0.4, 0.5) is 13.2 Å². The van der Waals surface area contributed by atoms with Crippen LogP contribution in [0, 0.1) is 17.5 Å². The number of benzene rings is 3. The zero-order valence-corrected chi connectivity index (χ0v) is 22.6. The lowest BCUT2D eigenvalue weighted by molar-refractivity contribution is 0.0600. The van der Waals surface area contributed by atoms with Crippen LogP contribution in [-0.2, 0) is 24.5 Å². The van der Waals surface area contributed by atoms with Crippen molar-refractivity contribution in [1.82, 2.24) is 9.72 Å². The Morgan fingerprint density at radius 3 is 2.49 bits per heavy atom. The molecule has 0 spiro atoms. The van der Waals surface area contributed by atoms with Gasteiger partial charge in [0.15, 0.2) is 17.4 Å². The van der Waals surface area contributed by atoms with Gasteiger partial charge in [0, 0.05) is 41.7 Å². The summed E-state index contributed by atoms with van der Waals surface area (Å²) in [5, 5.41) is 4.98. The number of fused-ring (bicyclic) bond motifs is 1. The highest BCUT2D eigenvalue weighted by Gasteiger charge is 2.22. The van der Waals surface area contributed by atoms with Gasteiger partial charge in [-0.1, -0.05) is 31.1 Å². The first-order valence-electron chi connectivity index (χ1n) is 12.9. The van der Waals surface area contributed by atoms with Gasteiger partial charge in [0.05, 0.1) is 18.2 Å². The number of rotatable bonds is 10. The molecular weight excluding hydrogens is 537 g/mol. The first kappa shape index (κ1) is 27.8. The standard InChI is InChI=1S/C31H27F3N2O5/c1-18(2)29-24(27(35-41-29)17-40-30-25(33)13-22(32)14-26(30)34)16-39-23-7-8-28-20(12-23)9-10-36(28)15-19-5-4-6-21(11-19)31(37)38-3/h4-14,18H,15-17H2,1-3H3. The molecule has 212 valence electrons. The Morgan fingerprint density at radius 1 is 0.976 bits per heavy atom. The maximum absolute atomic E-state index is 14.0. The number of methoxy groups -OCH3 is 1. The maximum Gasteiger partial charge on any atom is 0.337 e. The van der Waals surface area contributed by atoms with Crippen LogP contribution >= 0.6 is 0 Å². The molecule has 0 saturated heterocycles. The highest BCUT2D eigenvalue weighted by atomic mass is 19.1. The van der Waals surface area contributed by atoms with Gasteiger partial charge >= 0.3 is 5.97 Å². The SMILES string of the molecule is COC(=O)c1cccc(Cn2ccc3cc(OCc4c(COc5c(F)cc(F)cc5F)noc4C(C)C)ccc32)c1. The fourth-order valence-corrected chi connectivity index (χ4v) is 4.56. The molecule has 5 aromatic rings. The zero-order chi connectivity index (χ0) is 29.1. The third kappa shape index (κ3) is 6.06. The molecule has 0 aliphatic carbocycles. The summed E-state index contributed by atoms with van der Waals surface area (Å²) in [5.41, 5.74) is 3.34. The summed E-state index contributed by atoms with van der Waals surface area (Å²) in [6.45, 7) is 4.18. The van der Waals surface area contributed by atoms with Crippen LogP contribution in [-0.4, -0.2) is 22.8 Å². The number of nitrogens with zero attached hydrogens (tertiary/aromatic N) is 2. The Labute approximate surface area is 234 Å². The van der Waals surface area contributed by atoms with E-state index in [0.29, 0.717) is 47.0 Å². The van der Waals surface area contributed by atoms with Crippen LogP contribution in [0.1, 0.15) is 52.7 Å². The molecule has 0 bridgehead atoms. The van der Waals surface area contributed by atoms with Crippen molar-refractivity contribution in [1.29, 1.82) is 0 Å². The van der Waals surface area contributed by atoms with Gasteiger partial charge in [0.25, 0.3) is 0 Å². The number of halogens is 3. The monoisotopic (exact) mass is 564 g/mol. The molecule has 0 fully saturated rings. The number of hydrogen-bond donors (Lipinski definition) is 0. The number of carbonyl (C=O) groups excluding carboxylic acids is 1. The van der Waals surface area contributed by atoms with E-state index in [1.807, 2.05) is 56.4 Å². The van der Waals surface area contributed by atoms with Crippen LogP contribution in [0.2, 0.25) is 0 Å². The quantitative estimate of drug-likeness (QED) is 0.168. The van der Waals surface area contributed by atoms with Crippen molar-refractivity contribution in [3.63, 3.8) is 0 Å². The molecule has 0 aliphatic heterocycles. The second kappa shape index (κ2) is 11.8. The third-order valence-corrected chi connectivity index (χ3v) is 6.57. The minimum absolute atomic E-state index is 0.0386. The third-order valence-electron chi connectivity index (χ3n) is 6.57. The molecule has 0 aliphatic rings. The Morgan fingerprint density at radius 2 is 1.76 bits per heavy atom. The lowest BCUT2D eigenvalue weighted by Gasteiger charge is -2.11. The largest absolute Gasteiger partial charge is 0.489 e. The van der Waals surface area contributed by atoms with Gasteiger partial charge < -0.3 is 23.3 Å². The molecule has 0 amide bonds. The summed E-state index contributed by atoms with van der Waals surface area (Å²) in [4.78, 5) is 11.9. The second-order valence-electron chi connectivity index (χ2n) is 9.76. The molecule has 7 nitrogen and oxygen atoms in total. The molecule has 0 unspecified atom stereocenters. The van der Waals surface area contributed by atoms with E-state index in [-0.39, 0.29) is 25.1 Å². The molecule has 2 heterocycles. The van der Waals surface area contributed by atoms with Crippen LogP contribution in [0.15, 0.2) is 71.4 Å². The Balaban J connectivity index is 1.31. The van der Waals surface area contributed by atoms with Crippen LogP contribution in [0.5, 0.6) is 11.5 Å². The molecule has 41 heavy (non-hydrogen) atoms. The molecule has 0 N–H and O–H groups in total. The van der Waals surface area contributed by atoms with E-state index in [1.54, 1.807) is 12.1 Å². The van der Waals surface area contributed by atoms with Gasteiger partial charge in [0.2, 0.25) is 0 Å². The first-order chi connectivity index (χ1) is 19.7. The van der Waals surface area contributed by atoms with Crippen molar-refractivity contribution < 1.29 is 36.7 Å². The number of carbonyl (C=O) groups is 1. The van der Waals surface area contributed by atoms with E-state index < -0.39 is 23.2 Å². The molecule has 0 atom stereocenters. The van der Waals surface area contributed by atoms with E-state index in [1.165, 1.54) is 7.11 Å². The Kier molecular flexibility index (Phi) is 8.00. The van der Waals surface area contributed by atoms with Gasteiger partial charge in [-0.3, -0.25) is 0 Å². The number of hydrogen-bond acceptors (Lipinski definition) is 6. The van der Waals surface area contributed by atoms with Crippen molar-refractivity contribution in [2.75, 3.05) is 7.11 Å². The fourth-order valence-electron chi connectivity index (χ4n) is 4.56. The van der Waals surface area contributed by atoms with Crippen molar-refractivity contribution in [2.45, 2.75) is 39.5 Å². The van der Waals surface area contributed by atoms with Crippen LogP contribution in [0.25, 0.3) is 10.9 Å². The topological polar surface area (TPSA) is 75.7 Å². The van der Waals surface area contributed by atoms with Crippen molar-refractivity contribution in [2.24, 2.45) is 0 Å². The van der Waals surface area contributed by atoms with E-state index in [9.17, 15) is 18.0 Å². The summed E-state index contributed by atoms with van der Waals surface area (Å²) in [6.07, 6.45) is 1.96. The molecule has 0 saturated carbocycles. The van der Waals surface area contributed by atoms with Crippen molar-refractivity contribution >= 4 is 16.9 Å². The summed E-state index contributed by atoms with van der Waals surface area (Å²) >= 11 is 0.